The molecule has 7 heteroatoms. The number of amides is 1. The average Bonchev–Trinajstić information content (AvgIpc) is 2.96. The molecular weight excluding hydrogens is 336 g/mol. The van der Waals surface area contributed by atoms with E-state index in [0.29, 0.717) is 25.3 Å². The lowest BCUT2D eigenvalue weighted by molar-refractivity contribution is -0.0982. The average molecular weight is 364 g/mol. The quantitative estimate of drug-likeness (QED) is 0.800. The highest BCUT2D eigenvalue weighted by atomic mass is 16.7. The Balaban J connectivity index is 2.02. The number of likely N-dealkylation sites (N-methyl/N-ethyl adjacent to an activating group) is 1. The molecule has 1 saturated heterocycles. The monoisotopic (exact) mass is 364 g/mol. The van der Waals surface area contributed by atoms with Gasteiger partial charge in [0.05, 0.1) is 24.8 Å². The van der Waals surface area contributed by atoms with Crippen LogP contribution < -0.4 is 0 Å². The van der Waals surface area contributed by atoms with E-state index in [1.807, 2.05) is 26.8 Å². The minimum absolute atomic E-state index is 0.0149. The molecule has 2 rings (SSSR count). The van der Waals surface area contributed by atoms with Crippen molar-refractivity contribution in [1.29, 1.82) is 0 Å². The van der Waals surface area contributed by atoms with Crippen molar-refractivity contribution < 1.29 is 23.9 Å². The van der Waals surface area contributed by atoms with Crippen molar-refractivity contribution in [2.24, 2.45) is 5.92 Å². The molecule has 7 nitrogen and oxygen atoms in total. The minimum atomic E-state index is -0.569. The Hall–Kier alpha value is -2.12. The van der Waals surface area contributed by atoms with Gasteiger partial charge in [0, 0.05) is 26.6 Å². The number of hydroxylamine groups is 2. The Morgan fingerprint density at radius 2 is 1.85 bits per heavy atom. The molecule has 26 heavy (non-hydrogen) atoms. The molecule has 144 valence electrons. The number of carbonyl (C=O) groups excluding carboxylic acids is 2. The predicted octanol–water partition coefficient (Wildman–Crippen LogP) is 2.57. The zero-order valence-electron chi connectivity index (χ0n) is 16.1. The maximum absolute atomic E-state index is 12.4. The number of hydrogen-bond donors (Lipinski definition) is 0. The summed E-state index contributed by atoms with van der Waals surface area (Å²) in [5, 5.41) is 1.59. The van der Waals surface area contributed by atoms with Crippen LogP contribution in [0.2, 0.25) is 0 Å². The molecule has 1 aliphatic rings. The van der Waals surface area contributed by atoms with Crippen LogP contribution in [0.5, 0.6) is 0 Å². The normalized spacial score (nSPS) is 20.7. The molecule has 1 heterocycles. The number of rotatable bonds is 5. The summed E-state index contributed by atoms with van der Waals surface area (Å²) in [5.41, 5.74) is -0.0834. The number of carbonyl (C=O) groups is 2. The van der Waals surface area contributed by atoms with Gasteiger partial charge in [0.25, 0.3) is 0 Å². The highest BCUT2D eigenvalue weighted by molar-refractivity contribution is 5.89. The SMILES string of the molecule is COC[C@H]1CN(OC(=O)c2ccccc2)C[C@@H]1N(C)C(=O)OC(C)(C)C. The molecule has 0 N–H and O–H groups in total. The van der Waals surface area contributed by atoms with Gasteiger partial charge in [0.1, 0.15) is 5.60 Å². The van der Waals surface area contributed by atoms with Gasteiger partial charge in [-0.25, -0.2) is 9.59 Å². The number of hydrogen-bond acceptors (Lipinski definition) is 6. The van der Waals surface area contributed by atoms with E-state index >= 15 is 0 Å². The van der Waals surface area contributed by atoms with Crippen LogP contribution in [0.3, 0.4) is 0 Å². The Kier molecular flexibility index (Phi) is 6.61. The summed E-state index contributed by atoms with van der Waals surface area (Å²) >= 11 is 0. The first-order valence-corrected chi connectivity index (χ1v) is 8.68. The third kappa shape index (κ3) is 5.44. The molecule has 1 aromatic rings. The number of benzene rings is 1. The lowest BCUT2D eigenvalue weighted by Crippen LogP contribution is -2.45. The molecule has 1 fully saturated rings. The summed E-state index contributed by atoms with van der Waals surface area (Å²) in [5.74, 6) is -0.400. The topological polar surface area (TPSA) is 68.3 Å². The molecule has 0 aromatic heterocycles. The van der Waals surface area contributed by atoms with Gasteiger partial charge in [0.2, 0.25) is 0 Å². The van der Waals surface area contributed by atoms with Gasteiger partial charge < -0.3 is 19.2 Å². The molecule has 0 saturated carbocycles. The van der Waals surface area contributed by atoms with E-state index in [-0.39, 0.29) is 12.0 Å². The number of nitrogens with zero attached hydrogens (tertiary/aromatic N) is 2. The van der Waals surface area contributed by atoms with E-state index in [9.17, 15) is 9.59 Å². The zero-order valence-corrected chi connectivity index (χ0v) is 16.1. The first kappa shape index (κ1) is 20.2. The highest BCUT2D eigenvalue weighted by Gasteiger charge is 2.40. The lowest BCUT2D eigenvalue weighted by Gasteiger charge is -2.30. The van der Waals surface area contributed by atoms with Crippen molar-refractivity contribution in [3.8, 4) is 0 Å². The van der Waals surface area contributed by atoms with Gasteiger partial charge in [-0.3, -0.25) is 0 Å². The number of ether oxygens (including phenoxy) is 2. The van der Waals surface area contributed by atoms with Crippen molar-refractivity contribution in [3.05, 3.63) is 35.9 Å². The van der Waals surface area contributed by atoms with Gasteiger partial charge in [-0.2, -0.15) is 0 Å². The fourth-order valence-electron chi connectivity index (χ4n) is 2.92. The summed E-state index contributed by atoms with van der Waals surface area (Å²) in [6.07, 6.45) is -0.403. The summed E-state index contributed by atoms with van der Waals surface area (Å²) < 4.78 is 10.7. The van der Waals surface area contributed by atoms with Crippen molar-refractivity contribution >= 4 is 12.1 Å². The second-order valence-corrected chi connectivity index (χ2v) is 7.47. The summed E-state index contributed by atoms with van der Waals surface area (Å²) in [4.78, 5) is 31.7. The first-order valence-electron chi connectivity index (χ1n) is 8.68. The van der Waals surface area contributed by atoms with Crippen LogP contribution in [0, 0.1) is 5.92 Å². The Morgan fingerprint density at radius 3 is 2.42 bits per heavy atom. The summed E-state index contributed by atoms with van der Waals surface area (Å²) in [7, 11) is 3.31. The van der Waals surface area contributed by atoms with Crippen LogP contribution in [0.15, 0.2) is 30.3 Å². The molecule has 1 aliphatic heterocycles. The minimum Gasteiger partial charge on any atom is -0.444 e. The van der Waals surface area contributed by atoms with Crippen LogP contribution in [-0.4, -0.2) is 67.5 Å². The van der Waals surface area contributed by atoms with Crippen LogP contribution >= 0.6 is 0 Å². The Morgan fingerprint density at radius 1 is 1.19 bits per heavy atom. The molecule has 1 amide bonds. The Bertz CT molecular complexity index is 614. The summed E-state index contributed by atoms with van der Waals surface area (Å²) in [6, 6.07) is 8.65. The third-order valence-corrected chi connectivity index (χ3v) is 4.15. The van der Waals surface area contributed by atoms with Crippen LogP contribution in [-0.2, 0) is 14.3 Å². The number of methoxy groups -OCH3 is 1. The predicted molar refractivity (Wildman–Crippen MR) is 96.6 cm³/mol. The van der Waals surface area contributed by atoms with Crippen LogP contribution in [0.1, 0.15) is 31.1 Å². The molecular formula is C19H28N2O5. The molecule has 0 radical (unpaired) electrons. The van der Waals surface area contributed by atoms with Crippen LogP contribution in [0.4, 0.5) is 4.79 Å². The molecule has 0 unspecified atom stereocenters. The Labute approximate surface area is 154 Å². The lowest BCUT2D eigenvalue weighted by atomic mass is 10.0. The maximum Gasteiger partial charge on any atom is 0.410 e. The zero-order chi connectivity index (χ0) is 19.3. The van der Waals surface area contributed by atoms with Gasteiger partial charge in [0.15, 0.2) is 0 Å². The van der Waals surface area contributed by atoms with E-state index in [4.69, 9.17) is 14.3 Å². The van der Waals surface area contributed by atoms with Crippen molar-refractivity contribution in [2.45, 2.75) is 32.4 Å². The van der Waals surface area contributed by atoms with E-state index in [1.165, 1.54) is 0 Å². The largest absolute Gasteiger partial charge is 0.444 e. The molecule has 0 aliphatic carbocycles. The third-order valence-electron chi connectivity index (χ3n) is 4.15. The van der Waals surface area contributed by atoms with E-state index in [2.05, 4.69) is 0 Å². The van der Waals surface area contributed by atoms with Gasteiger partial charge in [-0.1, -0.05) is 18.2 Å². The molecule has 1 aromatic carbocycles. The van der Waals surface area contributed by atoms with Crippen LogP contribution in [0.25, 0.3) is 0 Å². The van der Waals surface area contributed by atoms with Crippen molar-refractivity contribution in [3.63, 3.8) is 0 Å². The molecule has 0 spiro atoms. The van der Waals surface area contributed by atoms with Gasteiger partial charge in [-0.15, -0.1) is 5.06 Å². The van der Waals surface area contributed by atoms with E-state index in [0.717, 1.165) is 0 Å². The van der Waals surface area contributed by atoms with E-state index < -0.39 is 17.7 Å². The highest BCUT2D eigenvalue weighted by Crippen LogP contribution is 2.24. The van der Waals surface area contributed by atoms with Gasteiger partial charge >= 0.3 is 12.1 Å². The smallest absolute Gasteiger partial charge is 0.410 e. The molecule has 0 bridgehead atoms. The fourth-order valence-corrected chi connectivity index (χ4v) is 2.92. The fraction of sp³-hybridized carbons (Fsp3) is 0.579. The first-order chi connectivity index (χ1) is 12.2. The van der Waals surface area contributed by atoms with Gasteiger partial charge in [-0.05, 0) is 32.9 Å². The maximum atomic E-state index is 12.4. The van der Waals surface area contributed by atoms with Crippen molar-refractivity contribution in [2.75, 3.05) is 33.9 Å². The molecule has 2 atom stereocenters. The van der Waals surface area contributed by atoms with E-state index in [1.54, 1.807) is 48.4 Å². The summed E-state index contributed by atoms with van der Waals surface area (Å²) in [6.45, 7) is 6.83. The van der Waals surface area contributed by atoms with Crippen molar-refractivity contribution in [1.82, 2.24) is 9.96 Å². The second-order valence-electron chi connectivity index (χ2n) is 7.47. The standard InChI is InChI=1S/C19H28N2O5/c1-19(2,3)25-18(23)20(4)16-12-21(11-15(16)13-24-5)26-17(22)14-9-7-6-8-10-14/h6-10,15-16H,11-13H2,1-5H3/t15-,16+/m1/s1. The second kappa shape index (κ2) is 8.51.